The minimum absolute atomic E-state index is 0.111. The Hall–Kier alpha value is -5.63. The second-order valence-corrected chi connectivity index (χ2v) is 9.82. The van der Waals surface area contributed by atoms with Crippen LogP contribution in [0.25, 0.3) is 55.6 Å². The second kappa shape index (κ2) is 10.2. The molecule has 0 spiro atoms. The van der Waals surface area contributed by atoms with E-state index in [1.807, 2.05) is 60.7 Å². The van der Waals surface area contributed by atoms with Gasteiger partial charge in [-0.1, -0.05) is 54.6 Å². The standard InChI is InChI=1S/C33H23FN6O/c34-24-11-9-21(10-12-24)26-7-4-8-29-27(26)16-30(38-29)32-28-15-23(18-36-33(28)40-39-32)22-14-25(19-35-17-22)37-31(41)13-20-5-2-1-3-6-20/h1-12,14-19,38H,13H2,(H,37,41)(H,36,39,40). The van der Waals surface area contributed by atoms with Gasteiger partial charge < -0.3 is 10.3 Å². The van der Waals surface area contributed by atoms with Crippen LogP contribution in [0.2, 0.25) is 0 Å². The molecule has 41 heavy (non-hydrogen) atoms. The summed E-state index contributed by atoms with van der Waals surface area (Å²) in [5.74, 6) is -0.377. The molecule has 3 N–H and O–H groups in total. The molecule has 0 saturated heterocycles. The number of carbonyl (C=O) groups excluding carboxylic acids is 1. The van der Waals surface area contributed by atoms with Crippen LogP contribution in [0.4, 0.5) is 10.1 Å². The van der Waals surface area contributed by atoms with E-state index in [2.05, 4.69) is 36.5 Å². The van der Waals surface area contributed by atoms with Crippen LogP contribution < -0.4 is 5.32 Å². The van der Waals surface area contributed by atoms with E-state index in [-0.39, 0.29) is 18.1 Å². The number of benzene rings is 3. The molecular formula is C33H23FN6O. The summed E-state index contributed by atoms with van der Waals surface area (Å²) in [4.78, 5) is 25.0. The van der Waals surface area contributed by atoms with Crippen LogP contribution in [0.1, 0.15) is 5.56 Å². The highest BCUT2D eigenvalue weighted by Crippen LogP contribution is 2.35. The van der Waals surface area contributed by atoms with E-state index in [9.17, 15) is 9.18 Å². The van der Waals surface area contributed by atoms with Crippen molar-refractivity contribution in [3.8, 4) is 33.6 Å². The molecule has 0 aliphatic rings. The topological polar surface area (TPSA) is 99.3 Å². The van der Waals surface area contributed by atoms with E-state index in [0.29, 0.717) is 11.3 Å². The van der Waals surface area contributed by atoms with Crippen molar-refractivity contribution in [2.45, 2.75) is 6.42 Å². The number of rotatable bonds is 6. The van der Waals surface area contributed by atoms with Gasteiger partial charge >= 0.3 is 0 Å². The van der Waals surface area contributed by atoms with Crippen LogP contribution in [0.5, 0.6) is 0 Å². The molecule has 4 aromatic heterocycles. The van der Waals surface area contributed by atoms with Crippen LogP contribution in [0.15, 0.2) is 110 Å². The van der Waals surface area contributed by atoms with Gasteiger partial charge in [-0.15, -0.1) is 0 Å². The van der Waals surface area contributed by atoms with Gasteiger partial charge in [0, 0.05) is 39.8 Å². The van der Waals surface area contributed by atoms with Crippen LogP contribution in [-0.4, -0.2) is 31.1 Å². The number of carbonyl (C=O) groups is 1. The summed E-state index contributed by atoms with van der Waals surface area (Å²) in [6.07, 6.45) is 5.40. The number of hydrogen-bond donors (Lipinski definition) is 3. The number of hydrogen-bond acceptors (Lipinski definition) is 4. The van der Waals surface area contributed by atoms with Crippen molar-refractivity contribution < 1.29 is 9.18 Å². The molecule has 0 atom stereocenters. The van der Waals surface area contributed by atoms with E-state index in [0.717, 1.165) is 55.5 Å². The Bertz CT molecular complexity index is 2030. The molecule has 4 heterocycles. The first-order chi connectivity index (χ1) is 20.1. The largest absolute Gasteiger partial charge is 0.353 e. The van der Waals surface area contributed by atoms with E-state index in [1.165, 1.54) is 12.1 Å². The number of aromatic amines is 2. The Morgan fingerprint density at radius 1 is 0.805 bits per heavy atom. The Morgan fingerprint density at radius 3 is 2.49 bits per heavy atom. The number of anilines is 1. The number of fused-ring (bicyclic) bond motifs is 2. The molecule has 0 saturated carbocycles. The van der Waals surface area contributed by atoms with E-state index >= 15 is 0 Å². The molecular weight excluding hydrogens is 515 g/mol. The summed E-state index contributed by atoms with van der Waals surface area (Å²) in [6.45, 7) is 0. The van der Waals surface area contributed by atoms with Gasteiger partial charge in [-0.25, -0.2) is 9.37 Å². The minimum Gasteiger partial charge on any atom is -0.353 e. The van der Waals surface area contributed by atoms with E-state index < -0.39 is 0 Å². The molecule has 0 radical (unpaired) electrons. The van der Waals surface area contributed by atoms with Crippen molar-refractivity contribution in [3.63, 3.8) is 0 Å². The van der Waals surface area contributed by atoms with Gasteiger partial charge in [0.2, 0.25) is 5.91 Å². The molecule has 8 heteroatoms. The minimum atomic E-state index is -0.266. The molecule has 0 fully saturated rings. The van der Waals surface area contributed by atoms with Gasteiger partial charge in [-0.3, -0.25) is 14.9 Å². The number of pyridine rings is 2. The first kappa shape index (κ1) is 24.4. The van der Waals surface area contributed by atoms with Crippen molar-refractivity contribution in [1.82, 2.24) is 25.1 Å². The van der Waals surface area contributed by atoms with Crippen molar-refractivity contribution in [3.05, 3.63) is 121 Å². The van der Waals surface area contributed by atoms with Gasteiger partial charge in [0.15, 0.2) is 5.65 Å². The third-order valence-corrected chi connectivity index (χ3v) is 7.06. The highest BCUT2D eigenvalue weighted by atomic mass is 19.1. The third-order valence-electron chi connectivity index (χ3n) is 7.06. The monoisotopic (exact) mass is 538 g/mol. The quantitative estimate of drug-likeness (QED) is 0.209. The molecule has 0 bridgehead atoms. The van der Waals surface area contributed by atoms with E-state index in [1.54, 1.807) is 30.7 Å². The SMILES string of the molecule is O=C(Cc1ccccc1)Nc1cncc(-c2cnc3n[nH]c(-c4cc5c(-c6ccc(F)cc6)cccc5[nH]4)c3c2)c1. The summed E-state index contributed by atoms with van der Waals surface area (Å²) in [6, 6.07) is 28.1. The number of aromatic nitrogens is 5. The van der Waals surface area contributed by atoms with Crippen molar-refractivity contribution in [2.24, 2.45) is 0 Å². The summed E-state index contributed by atoms with van der Waals surface area (Å²) < 4.78 is 13.5. The molecule has 3 aromatic carbocycles. The van der Waals surface area contributed by atoms with Crippen LogP contribution in [0.3, 0.4) is 0 Å². The number of nitrogens with zero attached hydrogens (tertiary/aromatic N) is 3. The lowest BCUT2D eigenvalue weighted by molar-refractivity contribution is -0.115. The average Bonchev–Trinajstić information content (AvgIpc) is 3.62. The molecule has 0 unspecified atom stereocenters. The van der Waals surface area contributed by atoms with Gasteiger partial charge in [0.1, 0.15) is 5.82 Å². The molecule has 7 aromatic rings. The summed E-state index contributed by atoms with van der Waals surface area (Å²) >= 11 is 0. The summed E-state index contributed by atoms with van der Waals surface area (Å²) in [7, 11) is 0. The van der Waals surface area contributed by atoms with E-state index in [4.69, 9.17) is 0 Å². The number of nitrogens with one attached hydrogen (secondary N) is 3. The first-order valence-electron chi connectivity index (χ1n) is 13.1. The Balaban J connectivity index is 1.21. The molecule has 0 aliphatic heterocycles. The zero-order valence-electron chi connectivity index (χ0n) is 21.7. The molecule has 198 valence electrons. The fourth-order valence-corrected chi connectivity index (χ4v) is 5.09. The lowest BCUT2D eigenvalue weighted by Gasteiger charge is -2.07. The maximum absolute atomic E-state index is 13.5. The van der Waals surface area contributed by atoms with Crippen molar-refractivity contribution in [2.75, 3.05) is 5.32 Å². The summed E-state index contributed by atoms with van der Waals surface area (Å²) in [5, 5.41) is 12.3. The predicted molar refractivity (Wildman–Crippen MR) is 159 cm³/mol. The van der Waals surface area contributed by atoms with Gasteiger partial charge in [-0.05, 0) is 53.1 Å². The zero-order valence-corrected chi connectivity index (χ0v) is 21.7. The smallest absolute Gasteiger partial charge is 0.228 e. The van der Waals surface area contributed by atoms with Crippen LogP contribution >= 0.6 is 0 Å². The van der Waals surface area contributed by atoms with Crippen molar-refractivity contribution in [1.29, 1.82) is 0 Å². The average molecular weight is 539 g/mol. The number of H-pyrrole nitrogens is 2. The fraction of sp³-hybridized carbons (Fsp3) is 0.0303. The Kier molecular flexibility index (Phi) is 6.05. The first-order valence-corrected chi connectivity index (χ1v) is 13.1. The highest BCUT2D eigenvalue weighted by Gasteiger charge is 2.15. The lowest BCUT2D eigenvalue weighted by Crippen LogP contribution is -2.14. The summed E-state index contributed by atoms with van der Waals surface area (Å²) in [5.41, 5.74) is 8.35. The van der Waals surface area contributed by atoms with Gasteiger partial charge in [0.25, 0.3) is 0 Å². The highest BCUT2D eigenvalue weighted by molar-refractivity contribution is 6.01. The van der Waals surface area contributed by atoms with Gasteiger partial charge in [0.05, 0.1) is 29.7 Å². The normalized spacial score (nSPS) is 11.2. The predicted octanol–water partition coefficient (Wildman–Crippen LogP) is 7.16. The molecule has 0 aliphatic carbocycles. The molecule has 1 amide bonds. The second-order valence-electron chi connectivity index (χ2n) is 9.82. The van der Waals surface area contributed by atoms with Crippen LogP contribution in [0, 0.1) is 5.82 Å². The fourth-order valence-electron chi connectivity index (χ4n) is 5.09. The molecule has 7 rings (SSSR count). The number of amides is 1. The Morgan fingerprint density at radius 2 is 1.63 bits per heavy atom. The maximum atomic E-state index is 13.5. The lowest BCUT2D eigenvalue weighted by atomic mass is 10.0. The van der Waals surface area contributed by atoms with Crippen LogP contribution in [-0.2, 0) is 11.2 Å². The maximum Gasteiger partial charge on any atom is 0.228 e. The van der Waals surface area contributed by atoms with Gasteiger partial charge in [-0.2, -0.15) is 5.10 Å². The third kappa shape index (κ3) is 4.83. The zero-order chi connectivity index (χ0) is 27.8. The molecule has 7 nitrogen and oxygen atoms in total. The van der Waals surface area contributed by atoms with Crippen molar-refractivity contribution >= 4 is 33.5 Å². The number of halogens is 1. The Labute approximate surface area is 234 Å².